The monoisotopic (exact) mass is 482 g/mol. The lowest BCUT2D eigenvalue weighted by atomic mass is 10.1. The molecule has 1 aliphatic heterocycles. The molecule has 3 aromatic heterocycles. The number of aromatic nitrogens is 2. The summed E-state index contributed by atoms with van der Waals surface area (Å²) in [5.41, 5.74) is 0.766. The first-order valence-corrected chi connectivity index (χ1v) is 11.1. The van der Waals surface area contributed by atoms with Crippen molar-refractivity contribution in [3.63, 3.8) is 0 Å². The molecular weight excluding hydrogens is 464 g/mol. The number of hydrogen-bond acceptors (Lipinski definition) is 8. The van der Waals surface area contributed by atoms with Crippen LogP contribution in [-0.2, 0) is 9.53 Å². The molecule has 1 aliphatic rings. The van der Waals surface area contributed by atoms with Crippen LogP contribution in [0.25, 0.3) is 21.7 Å². The lowest BCUT2D eigenvalue weighted by Crippen LogP contribution is -2.31. The van der Waals surface area contributed by atoms with Gasteiger partial charge in [-0.3, -0.25) is 9.59 Å². The molecule has 5 aromatic rings. The summed E-state index contributed by atoms with van der Waals surface area (Å²) in [6, 6.07) is 18.9. The van der Waals surface area contributed by atoms with Crippen LogP contribution >= 0.6 is 0 Å². The number of carbonyl (C=O) groups is 2. The van der Waals surface area contributed by atoms with Crippen LogP contribution < -0.4 is 5.56 Å². The van der Waals surface area contributed by atoms with Gasteiger partial charge < -0.3 is 13.6 Å². The SMILES string of the molecule is O=C(OCC(=O)N1N=C(c2cc3ccccc3o2)CC1c1ccco1)c1n[nH]c(=O)c2ccccc12. The summed E-state index contributed by atoms with van der Waals surface area (Å²) < 4.78 is 16.7. The number of benzene rings is 2. The van der Waals surface area contributed by atoms with E-state index in [-0.39, 0.29) is 5.69 Å². The number of H-pyrrole nitrogens is 1. The van der Waals surface area contributed by atoms with Crippen LogP contribution in [0, 0.1) is 0 Å². The van der Waals surface area contributed by atoms with Gasteiger partial charge in [-0.15, -0.1) is 0 Å². The molecule has 0 bridgehead atoms. The van der Waals surface area contributed by atoms with E-state index in [2.05, 4.69) is 15.3 Å². The van der Waals surface area contributed by atoms with Gasteiger partial charge in [0.2, 0.25) is 0 Å². The summed E-state index contributed by atoms with van der Waals surface area (Å²) in [6.45, 7) is -0.581. The average Bonchev–Trinajstić information content (AvgIpc) is 3.66. The molecule has 0 fully saturated rings. The Morgan fingerprint density at radius 2 is 1.86 bits per heavy atom. The first kappa shape index (κ1) is 21.5. The Morgan fingerprint density at radius 1 is 1.06 bits per heavy atom. The number of fused-ring (bicyclic) bond motifs is 2. The summed E-state index contributed by atoms with van der Waals surface area (Å²) in [4.78, 5) is 37.9. The smallest absolute Gasteiger partial charge is 0.359 e. The van der Waals surface area contributed by atoms with Crippen molar-refractivity contribution in [1.82, 2.24) is 15.2 Å². The van der Waals surface area contributed by atoms with Crippen LogP contribution in [0.4, 0.5) is 0 Å². The van der Waals surface area contributed by atoms with Gasteiger partial charge in [-0.1, -0.05) is 36.4 Å². The number of ether oxygens (including phenoxy) is 1. The van der Waals surface area contributed by atoms with Crippen LogP contribution in [0.5, 0.6) is 0 Å². The van der Waals surface area contributed by atoms with E-state index in [4.69, 9.17) is 13.6 Å². The molecule has 178 valence electrons. The minimum atomic E-state index is -0.842. The zero-order valence-corrected chi connectivity index (χ0v) is 18.7. The first-order valence-electron chi connectivity index (χ1n) is 11.1. The Kier molecular flexibility index (Phi) is 5.18. The van der Waals surface area contributed by atoms with E-state index in [1.807, 2.05) is 30.3 Å². The molecule has 0 saturated heterocycles. The molecule has 0 aliphatic carbocycles. The summed E-state index contributed by atoms with van der Waals surface area (Å²) in [5, 5.41) is 13.4. The van der Waals surface area contributed by atoms with E-state index >= 15 is 0 Å². The number of nitrogens with one attached hydrogen (secondary N) is 1. The van der Waals surface area contributed by atoms with Crippen molar-refractivity contribution < 1.29 is 23.2 Å². The zero-order valence-electron chi connectivity index (χ0n) is 18.7. The highest BCUT2D eigenvalue weighted by Crippen LogP contribution is 2.34. The summed E-state index contributed by atoms with van der Waals surface area (Å²) in [5.74, 6) is -0.308. The van der Waals surface area contributed by atoms with Gasteiger partial charge in [-0.2, -0.15) is 10.2 Å². The Bertz CT molecular complexity index is 1670. The van der Waals surface area contributed by atoms with Gasteiger partial charge in [0.15, 0.2) is 18.1 Å². The van der Waals surface area contributed by atoms with Crippen LogP contribution in [-0.4, -0.2) is 39.4 Å². The summed E-state index contributed by atoms with van der Waals surface area (Å²) in [6.07, 6.45) is 1.88. The lowest BCUT2D eigenvalue weighted by Gasteiger charge is -2.19. The van der Waals surface area contributed by atoms with Gasteiger partial charge in [0.25, 0.3) is 11.5 Å². The Hall–Kier alpha value is -4.99. The topological polar surface area (TPSA) is 131 Å². The maximum atomic E-state index is 13.1. The molecule has 6 rings (SSSR count). The van der Waals surface area contributed by atoms with Gasteiger partial charge in [0.05, 0.1) is 11.6 Å². The van der Waals surface area contributed by atoms with Gasteiger partial charge in [-0.25, -0.2) is 14.9 Å². The minimum absolute atomic E-state index is 0.0894. The van der Waals surface area contributed by atoms with Gasteiger partial charge >= 0.3 is 5.97 Å². The number of rotatable bonds is 5. The molecule has 10 nitrogen and oxygen atoms in total. The quantitative estimate of drug-likeness (QED) is 0.377. The van der Waals surface area contributed by atoms with Crippen molar-refractivity contribution in [2.75, 3.05) is 6.61 Å². The van der Waals surface area contributed by atoms with E-state index in [1.165, 1.54) is 11.3 Å². The van der Waals surface area contributed by atoms with Crippen molar-refractivity contribution >= 4 is 39.3 Å². The number of aromatic amines is 1. The van der Waals surface area contributed by atoms with E-state index in [0.717, 1.165) is 5.39 Å². The fourth-order valence-corrected chi connectivity index (χ4v) is 4.25. The van der Waals surface area contributed by atoms with Crippen LogP contribution in [0.2, 0.25) is 0 Å². The van der Waals surface area contributed by atoms with Gasteiger partial charge in [-0.05, 0) is 30.3 Å². The molecule has 1 amide bonds. The summed E-state index contributed by atoms with van der Waals surface area (Å²) >= 11 is 0. The lowest BCUT2D eigenvalue weighted by molar-refractivity contribution is -0.136. The molecule has 10 heteroatoms. The number of nitrogens with zero attached hydrogens (tertiary/aromatic N) is 3. The molecule has 0 saturated carbocycles. The fourth-order valence-electron chi connectivity index (χ4n) is 4.25. The highest BCUT2D eigenvalue weighted by Gasteiger charge is 2.36. The maximum Gasteiger partial charge on any atom is 0.359 e. The highest BCUT2D eigenvalue weighted by atomic mass is 16.5. The largest absolute Gasteiger partial charge is 0.467 e. The number of amides is 1. The average molecular weight is 482 g/mol. The maximum absolute atomic E-state index is 13.1. The van der Waals surface area contributed by atoms with Crippen LogP contribution in [0.3, 0.4) is 0 Å². The Morgan fingerprint density at radius 3 is 2.67 bits per heavy atom. The fraction of sp³-hybridized carbons (Fsp3) is 0.115. The molecule has 36 heavy (non-hydrogen) atoms. The normalized spacial score (nSPS) is 15.4. The van der Waals surface area contributed by atoms with E-state index in [9.17, 15) is 14.4 Å². The number of hydrogen-bond donors (Lipinski definition) is 1. The van der Waals surface area contributed by atoms with Gasteiger partial charge in [0.1, 0.15) is 23.1 Å². The number of para-hydroxylation sites is 1. The summed E-state index contributed by atoms with van der Waals surface area (Å²) in [7, 11) is 0. The van der Waals surface area contributed by atoms with Crippen LogP contribution in [0.15, 0.2) is 91.7 Å². The van der Waals surface area contributed by atoms with Crippen molar-refractivity contribution in [3.8, 4) is 0 Å². The van der Waals surface area contributed by atoms with E-state index < -0.39 is 30.1 Å². The van der Waals surface area contributed by atoms with Crippen molar-refractivity contribution in [2.24, 2.45) is 5.10 Å². The molecule has 0 radical (unpaired) electrons. The predicted molar refractivity (Wildman–Crippen MR) is 128 cm³/mol. The third-order valence-corrected chi connectivity index (χ3v) is 5.96. The number of esters is 1. The Balaban J connectivity index is 1.25. The number of hydrazone groups is 1. The number of furan rings is 2. The van der Waals surface area contributed by atoms with E-state index in [0.29, 0.717) is 40.0 Å². The standard InChI is InChI=1S/C26H18N4O6/c31-23(14-35-26(33)24-16-7-2-3-8-17(16)25(32)28-27-24)30-19(21-10-5-11-34-21)13-18(29-30)22-12-15-6-1-4-9-20(15)36-22/h1-12,19H,13-14H2,(H,28,32). The first-order chi connectivity index (χ1) is 17.6. The highest BCUT2D eigenvalue weighted by molar-refractivity contribution is 6.04. The zero-order chi connectivity index (χ0) is 24.6. The molecule has 1 N–H and O–H groups in total. The second kappa shape index (κ2) is 8.66. The minimum Gasteiger partial charge on any atom is -0.467 e. The van der Waals surface area contributed by atoms with Gasteiger partial charge in [0, 0.05) is 17.2 Å². The predicted octanol–water partition coefficient (Wildman–Crippen LogP) is 3.80. The molecule has 0 spiro atoms. The number of carbonyl (C=O) groups excluding carboxylic acids is 2. The van der Waals surface area contributed by atoms with E-state index in [1.54, 1.807) is 36.4 Å². The van der Waals surface area contributed by atoms with Crippen molar-refractivity contribution in [3.05, 3.63) is 101 Å². The second-order valence-corrected chi connectivity index (χ2v) is 8.19. The third kappa shape index (κ3) is 3.74. The van der Waals surface area contributed by atoms with Crippen molar-refractivity contribution in [1.29, 1.82) is 0 Å². The molecule has 4 heterocycles. The Labute approximate surface area is 202 Å². The molecule has 2 aromatic carbocycles. The van der Waals surface area contributed by atoms with Crippen LogP contribution in [0.1, 0.15) is 34.5 Å². The molecule has 1 unspecified atom stereocenters. The third-order valence-electron chi connectivity index (χ3n) is 5.96. The van der Waals surface area contributed by atoms with Crippen molar-refractivity contribution in [2.45, 2.75) is 12.5 Å². The second-order valence-electron chi connectivity index (χ2n) is 8.19. The molecule has 1 atom stereocenters. The molecular formula is C26H18N4O6.